The van der Waals surface area contributed by atoms with E-state index in [2.05, 4.69) is 50.8 Å². The van der Waals surface area contributed by atoms with E-state index in [9.17, 15) is 4.79 Å². The molecule has 4 aromatic rings. The van der Waals surface area contributed by atoms with Crippen LogP contribution in [0.3, 0.4) is 0 Å². The Morgan fingerprint density at radius 2 is 1.88 bits per heavy atom. The van der Waals surface area contributed by atoms with Gasteiger partial charge in [0.05, 0.1) is 11.4 Å². The molecule has 0 atom stereocenters. The predicted octanol–water partition coefficient (Wildman–Crippen LogP) is 3.78. The van der Waals surface area contributed by atoms with Crippen molar-refractivity contribution in [2.45, 2.75) is 26.3 Å². The van der Waals surface area contributed by atoms with Crippen molar-refractivity contribution in [2.24, 2.45) is 0 Å². The fraction of sp³-hybridized carbons (Fsp3) is 0.308. The number of aromatic amines is 1. The molecular weight excluding hydrogens is 412 g/mol. The number of likely N-dealkylation sites (tertiary alicyclic amines) is 1. The summed E-state index contributed by atoms with van der Waals surface area (Å²) in [5.41, 5.74) is 4.36. The maximum absolute atomic E-state index is 12.9. The van der Waals surface area contributed by atoms with Crippen LogP contribution in [-0.4, -0.2) is 67.9 Å². The topological polar surface area (TPSA) is 78.0 Å². The molecule has 168 valence electrons. The average molecular weight is 441 g/mol. The number of likely N-dealkylation sites (N-methyl/N-ethyl adjacent to an activating group) is 1. The normalized spacial score (nSPS) is 14.1. The number of fused-ring (bicyclic) bond motifs is 1. The Balaban J connectivity index is 1.30. The van der Waals surface area contributed by atoms with Crippen LogP contribution in [0.15, 0.2) is 60.9 Å². The summed E-state index contributed by atoms with van der Waals surface area (Å²) in [5.74, 6) is 0.815. The zero-order valence-electron chi connectivity index (χ0n) is 19.0. The Bertz CT molecular complexity index is 1260. The van der Waals surface area contributed by atoms with Gasteiger partial charge >= 0.3 is 0 Å². The van der Waals surface area contributed by atoms with Crippen LogP contribution in [0.25, 0.3) is 22.3 Å². The molecule has 1 N–H and O–H groups in total. The van der Waals surface area contributed by atoms with Gasteiger partial charge in [0.15, 0.2) is 0 Å². The number of hydrogen-bond donors (Lipinski definition) is 1. The minimum Gasteiger partial charge on any atom is -0.351 e. The van der Waals surface area contributed by atoms with Crippen molar-refractivity contribution < 1.29 is 4.79 Å². The third-order valence-electron chi connectivity index (χ3n) is 6.39. The van der Waals surface area contributed by atoms with Crippen LogP contribution in [0.4, 0.5) is 0 Å². The molecule has 0 radical (unpaired) electrons. The Kier molecular flexibility index (Phi) is 5.88. The zero-order chi connectivity index (χ0) is 22.8. The van der Waals surface area contributed by atoms with Gasteiger partial charge < -0.3 is 9.88 Å². The summed E-state index contributed by atoms with van der Waals surface area (Å²) in [7, 11) is 0. The highest BCUT2D eigenvalue weighted by atomic mass is 16.2. The number of hydrogen-bond acceptors (Lipinski definition) is 5. The molecule has 0 spiro atoms. The van der Waals surface area contributed by atoms with Gasteiger partial charge in [-0.05, 0) is 55.1 Å². The maximum atomic E-state index is 12.9. The Hall–Kier alpha value is -3.58. The summed E-state index contributed by atoms with van der Waals surface area (Å²) in [4.78, 5) is 34.1. The van der Waals surface area contributed by atoms with E-state index >= 15 is 0 Å². The number of rotatable bonds is 7. The van der Waals surface area contributed by atoms with Crippen molar-refractivity contribution in [3.8, 4) is 11.4 Å². The summed E-state index contributed by atoms with van der Waals surface area (Å²) in [6.07, 6.45) is 4.15. The third kappa shape index (κ3) is 4.36. The highest BCUT2D eigenvalue weighted by molar-refractivity contribution is 5.98. The van der Waals surface area contributed by atoms with Crippen LogP contribution in [0.2, 0.25) is 0 Å². The molecule has 1 aliphatic heterocycles. The number of aromatic nitrogens is 4. The first-order chi connectivity index (χ1) is 16.1. The second kappa shape index (κ2) is 9.11. The van der Waals surface area contributed by atoms with E-state index < -0.39 is 0 Å². The van der Waals surface area contributed by atoms with Gasteiger partial charge in [-0.25, -0.2) is 9.97 Å². The Labute approximate surface area is 193 Å². The molecule has 1 aromatic carbocycles. The second-order valence-corrected chi connectivity index (χ2v) is 8.44. The Morgan fingerprint density at radius 1 is 1.03 bits per heavy atom. The lowest BCUT2D eigenvalue weighted by Gasteiger charge is -2.44. The first-order valence-corrected chi connectivity index (χ1v) is 11.5. The van der Waals surface area contributed by atoms with Gasteiger partial charge in [-0.2, -0.15) is 0 Å². The van der Waals surface area contributed by atoms with Crippen LogP contribution in [0.5, 0.6) is 0 Å². The number of benzene rings is 1. The predicted molar refractivity (Wildman–Crippen MR) is 129 cm³/mol. The standard InChI is InChI=1S/C26H28N6O/c1-3-31(4-2)20-16-32(17-20)26(33)24-15-19-13-18(8-9-21(19)29-24)14-25-28-12-10-23(30-25)22-7-5-6-11-27-22/h5-13,15,20,29H,3-4,14,16-17H2,1-2H3. The maximum Gasteiger partial charge on any atom is 0.270 e. The SMILES string of the molecule is CCN(CC)C1CN(C(=O)c2cc3cc(Cc4nccc(-c5ccccn5)n4)ccc3[nH]2)C1. The third-order valence-corrected chi connectivity index (χ3v) is 6.39. The minimum atomic E-state index is 0.0718. The van der Waals surface area contributed by atoms with Crippen LogP contribution in [-0.2, 0) is 6.42 Å². The van der Waals surface area contributed by atoms with Gasteiger partial charge in [0, 0.05) is 48.8 Å². The van der Waals surface area contributed by atoms with Crippen LogP contribution >= 0.6 is 0 Å². The van der Waals surface area contributed by atoms with Gasteiger partial charge in [-0.1, -0.05) is 26.0 Å². The van der Waals surface area contributed by atoms with E-state index in [-0.39, 0.29) is 5.91 Å². The van der Waals surface area contributed by atoms with Crippen molar-refractivity contribution in [1.29, 1.82) is 0 Å². The lowest BCUT2D eigenvalue weighted by Crippen LogP contribution is -2.61. The van der Waals surface area contributed by atoms with E-state index in [1.54, 1.807) is 12.4 Å². The molecule has 1 amide bonds. The van der Waals surface area contributed by atoms with E-state index in [4.69, 9.17) is 0 Å². The van der Waals surface area contributed by atoms with Crippen LogP contribution in [0, 0.1) is 0 Å². The largest absolute Gasteiger partial charge is 0.351 e. The average Bonchev–Trinajstić information content (AvgIpc) is 3.25. The van der Waals surface area contributed by atoms with Crippen molar-refractivity contribution in [3.63, 3.8) is 0 Å². The molecule has 0 bridgehead atoms. The van der Waals surface area contributed by atoms with Gasteiger partial charge in [0.2, 0.25) is 0 Å². The number of nitrogens with one attached hydrogen (secondary N) is 1. The highest BCUT2D eigenvalue weighted by Crippen LogP contribution is 2.23. The lowest BCUT2D eigenvalue weighted by molar-refractivity contribution is 0.0291. The van der Waals surface area contributed by atoms with E-state index in [1.807, 2.05) is 41.3 Å². The molecule has 0 aliphatic carbocycles. The molecule has 33 heavy (non-hydrogen) atoms. The molecule has 1 saturated heterocycles. The van der Waals surface area contributed by atoms with Crippen molar-refractivity contribution in [1.82, 2.24) is 29.7 Å². The second-order valence-electron chi connectivity index (χ2n) is 8.44. The van der Waals surface area contributed by atoms with Gasteiger partial charge in [0.25, 0.3) is 5.91 Å². The number of carbonyl (C=O) groups is 1. The molecule has 4 heterocycles. The molecular formula is C26H28N6O. The summed E-state index contributed by atoms with van der Waals surface area (Å²) in [6, 6.07) is 16.3. The molecule has 5 rings (SSSR count). The minimum absolute atomic E-state index is 0.0718. The summed E-state index contributed by atoms with van der Waals surface area (Å²) in [5, 5.41) is 1.03. The summed E-state index contributed by atoms with van der Waals surface area (Å²) < 4.78 is 0. The van der Waals surface area contributed by atoms with E-state index in [0.29, 0.717) is 18.2 Å². The van der Waals surface area contributed by atoms with Crippen LogP contribution in [0.1, 0.15) is 35.7 Å². The Morgan fingerprint density at radius 3 is 2.64 bits per heavy atom. The quantitative estimate of drug-likeness (QED) is 0.473. The molecule has 7 nitrogen and oxygen atoms in total. The number of pyridine rings is 1. The number of carbonyl (C=O) groups excluding carboxylic acids is 1. The van der Waals surface area contributed by atoms with Crippen molar-refractivity contribution in [2.75, 3.05) is 26.2 Å². The number of H-pyrrole nitrogens is 1. The molecule has 7 heteroatoms. The van der Waals surface area contributed by atoms with Crippen molar-refractivity contribution >= 4 is 16.8 Å². The lowest BCUT2D eigenvalue weighted by atomic mass is 10.1. The number of nitrogens with zero attached hydrogens (tertiary/aromatic N) is 5. The van der Waals surface area contributed by atoms with Crippen molar-refractivity contribution in [3.05, 3.63) is 78.0 Å². The number of amides is 1. The monoisotopic (exact) mass is 440 g/mol. The fourth-order valence-electron chi connectivity index (χ4n) is 4.49. The molecule has 3 aromatic heterocycles. The fourth-order valence-corrected chi connectivity index (χ4v) is 4.49. The van der Waals surface area contributed by atoms with Gasteiger partial charge in [-0.3, -0.25) is 14.7 Å². The van der Waals surface area contributed by atoms with Gasteiger partial charge in [-0.15, -0.1) is 0 Å². The molecule has 0 unspecified atom stereocenters. The van der Waals surface area contributed by atoms with Crippen LogP contribution < -0.4 is 0 Å². The molecule has 1 fully saturated rings. The molecule has 1 aliphatic rings. The summed E-state index contributed by atoms with van der Waals surface area (Å²) in [6.45, 7) is 7.97. The highest BCUT2D eigenvalue weighted by Gasteiger charge is 2.34. The van der Waals surface area contributed by atoms with E-state index in [0.717, 1.165) is 59.9 Å². The smallest absolute Gasteiger partial charge is 0.270 e. The zero-order valence-corrected chi connectivity index (χ0v) is 19.0. The van der Waals surface area contributed by atoms with E-state index in [1.165, 1.54) is 0 Å². The summed E-state index contributed by atoms with van der Waals surface area (Å²) >= 11 is 0. The first-order valence-electron chi connectivity index (χ1n) is 11.5. The first kappa shape index (κ1) is 21.3. The van der Waals surface area contributed by atoms with Gasteiger partial charge in [0.1, 0.15) is 11.5 Å². The molecule has 0 saturated carbocycles.